The summed E-state index contributed by atoms with van der Waals surface area (Å²) in [4.78, 5) is 12.5. The Balaban J connectivity index is 1.26. The number of benzene rings is 2. The van der Waals surface area contributed by atoms with Gasteiger partial charge in [-0.15, -0.1) is 0 Å². The number of anilines is 1. The molecule has 0 amide bonds. The number of aliphatic hydroxyl groups excluding tert-OH is 1. The second-order valence-electron chi connectivity index (χ2n) is 8.13. The number of fused-ring (bicyclic) bond motifs is 2. The normalized spacial score (nSPS) is 24.7. The van der Waals surface area contributed by atoms with Gasteiger partial charge in [0.1, 0.15) is 18.3 Å². The molecule has 2 fully saturated rings. The van der Waals surface area contributed by atoms with Gasteiger partial charge in [0.2, 0.25) is 5.95 Å². The molecule has 3 N–H and O–H groups in total. The first kappa shape index (κ1) is 19.7. The molecule has 0 spiro atoms. The van der Waals surface area contributed by atoms with Crippen molar-refractivity contribution in [1.29, 1.82) is 0 Å². The smallest absolute Gasteiger partial charge is 0.203 e. The zero-order valence-corrected chi connectivity index (χ0v) is 17.8. The van der Waals surface area contributed by atoms with Crippen LogP contribution in [0.1, 0.15) is 0 Å². The average Bonchev–Trinajstić information content (AvgIpc) is 3.51. The van der Waals surface area contributed by atoms with Gasteiger partial charge in [-0.05, 0) is 17.2 Å². The monoisotopic (exact) mass is 448 g/mol. The Morgan fingerprint density at radius 3 is 2.44 bits per heavy atom. The van der Waals surface area contributed by atoms with Gasteiger partial charge in [-0.25, -0.2) is 4.98 Å². The largest absolute Gasteiger partial charge is 0.388 e. The van der Waals surface area contributed by atoms with E-state index in [-0.39, 0.29) is 24.9 Å². The molecule has 2 aromatic carbocycles. The number of nitrogens with zero attached hydrogens (tertiary/aromatic N) is 2. The molecule has 162 valence electrons. The molecule has 7 nitrogen and oxygen atoms in total. The lowest BCUT2D eigenvalue weighted by atomic mass is 10.0. The van der Waals surface area contributed by atoms with Crippen LogP contribution in [0.2, 0.25) is 5.02 Å². The SMILES string of the molecule is OC1COC2C1OC[C@H]2Nc1nc2nc(-c3ccc(-c4ccccc4)cc3)c(Cl)cc2[nH]1. The van der Waals surface area contributed by atoms with E-state index in [0.29, 0.717) is 28.9 Å². The van der Waals surface area contributed by atoms with E-state index in [9.17, 15) is 5.11 Å². The summed E-state index contributed by atoms with van der Waals surface area (Å²) >= 11 is 6.56. The minimum absolute atomic E-state index is 0.0989. The summed E-state index contributed by atoms with van der Waals surface area (Å²) in [6.07, 6.45) is -1.08. The quantitative estimate of drug-likeness (QED) is 0.438. The van der Waals surface area contributed by atoms with E-state index >= 15 is 0 Å². The zero-order valence-electron chi connectivity index (χ0n) is 17.0. The van der Waals surface area contributed by atoms with Crippen LogP contribution in [0.4, 0.5) is 5.95 Å². The number of halogens is 1. The van der Waals surface area contributed by atoms with Gasteiger partial charge in [-0.1, -0.05) is 66.2 Å². The molecule has 3 unspecified atom stereocenters. The molecule has 0 saturated carbocycles. The molecule has 0 radical (unpaired) electrons. The topological polar surface area (TPSA) is 92.3 Å². The second kappa shape index (κ2) is 7.86. The van der Waals surface area contributed by atoms with Gasteiger partial charge < -0.3 is 24.9 Å². The first-order valence-electron chi connectivity index (χ1n) is 10.6. The number of hydrogen-bond donors (Lipinski definition) is 3. The van der Waals surface area contributed by atoms with Crippen LogP contribution in [0.25, 0.3) is 33.5 Å². The highest BCUT2D eigenvalue weighted by Gasteiger charge is 2.47. The number of aliphatic hydroxyl groups is 1. The Labute approximate surface area is 189 Å². The van der Waals surface area contributed by atoms with Crippen LogP contribution in [-0.4, -0.2) is 57.6 Å². The molecule has 32 heavy (non-hydrogen) atoms. The summed E-state index contributed by atoms with van der Waals surface area (Å²) < 4.78 is 11.3. The number of hydrogen-bond acceptors (Lipinski definition) is 6. The lowest BCUT2D eigenvalue weighted by molar-refractivity contribution is 0.0184. The van der Waals surface area contributed by atoms with Gasteiger partial charge >= 0.3 is 0 Å². The van der Waals surface area contributed by atoms with Crippen molar-refractivity contribution in [3.05, 3.63) is 65.7 Å². The number of pyridine rings is 1. The van der Waals surface area contributed by atoms with Crippen molar-refractivity contribution in [1.82, 2.24) is 15.0 Å². The van der Waals surface area contributed by atoms with Crippen LogP contribution >= 0.6 is 11.6 Å². The standard InChI is InChI=1S/C24H21ClN4O3/c25-16-10-17-23(29-24(26-17)27-18-11-31-22-19(30)12-32-21(18)22)28-20(16)15-8-6-14(7-9-15)13-4-2-1-3-5-13/h1-10,18-19,21-22,30H,11-12H2,(H2,26,27,28,29)/t18-,19?,21?,22?/m1/s1. The van der Waals surface area contributed by atoms with E-state index in [0.717, 1.165) is 22.2 Å². The van der Waals surface area contributed by atoms with Gasteiger partial charge in [0.05, 0.1) is 35.5 Å². The number of rotatable bonds is 4. The molecule has 2 saturated heterocycles. The fourth-order valence-electron chi connectivity index (χ4n) is 4.42. The van der Waals surface area contributed by atoms with Crippen molar-refractivity contribution in [3.8, 4) is 22.4 Å². The Morgan fingerprint density at radius 1 is 0.906 bits per heavy atom. The third-order valence-electron chi connectivity index (χ3n) is 6.04. The maximum Gasteiger partial charge on any atom is 0.203 e. The maximum absolute atomic E-state index is 9.92. The minimum Gasteiger partial charge on any atom is -0.388 e. The van der Waals surface area contributed by atoms with E-state index in [4.69, 9.17) is 26.1 Å². The highest BCUT2D eigenvalue weighted by Crippen LogP contribution is 2.32. The summed E-state index contributed by atoms with van der Waals surface area (Å²) in [7, 11) is 0. The number of nitrogens with one attached hydrogen (secondary N) is 2. The van der Waals surface area contributed by atoms with Gasteiger partial charge in [-0.3, -0.25) is 0 Å². The third-order valence-corrected chi connectivity index (χ3v) is 6.33. The summed E-state index contributed by atoms with van der Waals surface area (Å²) in [5, 5.41) is 13.8. The molecule has 4 aromatic rings. The first-order valence-corrected chi connectivity index (χ1v) is 10.9. The van der Waals surface area contributed by atoms with Gasteiger partial charge in [0.15, 0.2) is 5.65 Å². The lowest BCUT2D eigenvalue weighted by Crippen LogP contribution is -2.36. The van der Waals surface area contributed by atoms with Crippen molar-refractivity contribution < 1.29 is 14.6 Å². The molecule has 2 aliphatic heterocycles. The maximum atomic E-state index is 9.92. The van der Waals surface area contributed by atoms with Crippen LogP contribution in [-0.2, 0) is 9.47 Å². The average molecular weight is 449 g/mol. The van der Waals surface area contributed by atoms with Crippen molar-refractivity contribution in [2.75, 3.05) is 18.5 Å². The Bertz CT molecular complexity index is 1260. The van der Waals surface area contributed by atoms with Crippen LogP contribution in [0, 0.1) is 0 Å². The Kier molecular flexibility index (Phi) is 4.84. The number of imidazole rings is 1. The van der Waals surface area contributed by atoms with Crippen molar-refractivity contribution >= 4 is 28.7 Å². The predicted molar refractivity (Wildman–Crippen MR) is 123 cm³/mol. The molecule has 8 heteroatoms. The molecule has 2 aliphatic rings. The minimum atomic E-state index is -0.584. The van der Waals surface area contributed by atoms with Crippen LogP contribution in [0.15, 0.2) is 60.7 Å². The fraction of sp³-hybridized carbons (Fsp3) is 0.250. The second-order valence-corrected chi connectivity index (χ2v) is 8.54. The van der Waals surface area contributed by atoms with E-state index in [2.05, 4.69) is 39.6 Å². The third kappa shape index (κ3) is 3.43. The Hall–Kier alpha value is -2.97. The van der Waals surface area contributed by atoms with Crippen LogP contribution in [0.5, 0.6) is 0 Å². The van der Waals surface area contributed by atoms with E-state index in [1.165, 1.54) is 0 Å². The number of aromatic nitrogens is 3. The lowest BCUT2D eigenvalue weighted by Gasteiger charge is -2.16. The number of aromatic amines is 1. The molecule has 2 aromatic heterocycles. The molecule has 0 bridgehead atoms. The van der Waals surface area contributed by atoms with Crippen molar-refractivity contribution in [3.63, 3.8) is 0 Å². The summed E-state index contributed by atoms with van der Waals surface area (Å²) in [5.74, 6) is 0.569. The molecule has 4 atom stereocenters. The fourth-order valence-corrected chi connectivity index (χ4v) is 4.68. The molecular weight excluding hydrogens is 428 g/mol. The molecule has 4 heterocycles. The first-order chi connectivity index (χ1) is 15.7. The van der Waals surface area contributed by atoms with E-state index in [1.54, 1.807) is 0 Å². The highest BCUT2D eigenvalue weighted by molar-refractivity contribution is 6.33. The number of ether oxygens (including phenoxy) is 2. The van der Waals surface area contributed by atoms with Crippen LogP contribution < -0.4 is 5.32 Å². The van der Waals surface area contributed by atoms with E-state index < -0.39 is 6.10 Å². The number of H-pyrrole nitrogens is 1. The van der Waals surface area contributed by atoms with E-state index in [1.807, 2.05) is 36.4 Å². The van der Waals surface area contributed by atoms with Crippen molar-refractivity contribution in [2.45, 2.75) is 24.4 Å². The summed E-state index contributed by atoms with van der Waals surface area (Å²) in [6.45, 7) is 0.730. The highest BCUT2D eigenvalue weighted by atomic mass is 35.5. The summed E-state index contributed by atoms with van der Waals surface area (Å²) in [6, 6.07) is 20.1. The summed E-state index contributed by atoms with van der Waals surface area (Å²) in [5.41, 5.74) is 5.22. The van der Waals surface area contributed by atoms with Gasteiger partial charge in [-0.2, -0.15) is 4.98 Å². The predicted octanol–water partition coefficient (Wildman–Crippen LogP) is 3.88. The van der Waals surface area contributed by atoms with Gasteiger partial charge in [0, 0.05) is 5.56 Å². The Morgan fingerprint density at radius 2 is 1.62 bits per heavy atom. The molecule has 0 aliphatic carbocycles. The zero-order chi connectivity index (χ0) is 21.7. The van der Waals surface area contributed by atoms with Gasteiger partial charge in [0.25, 0.3) is 0 Å². The molecular formula is C24H21ClN4O3. The molecule has 6 rings (SSSR count). The van der Waals surface area contributed by atoms with Crippen LogP contribution in [0.3, 0.4) is 0 Å². The van der Waals surface area contributed by atoms with Crippen molar-refractivity contribution in [2.24, 2.45) is 0 Å².